The zero-order valence-electron chi connectivity index (χ0n) is 17.8. The Hall–Kier alpha value is -2.88. The molecule has 33 heavy (non-hydrogen) atoms. The minimum Gasteiger partial charge on any atom is -0.384 e. The van der Waals surface area contributed by atoms with E-state index in [0.29, 0.717) is 26.9 Å². The van der Waals surface area contributed by atoms with Gasteiger partial charge in [-0.2, -0.15) is 4.39 Å². The highest BCUT2D eigenvalue weighted by molar-refractivity contribution is 7.99. The van der Waals surface area contributed by atoms with E-state index in [0.717, 1.165) is 17.8 Å². The summed E-state index contributed by atoms with van der Waals surface area (Å²) in [6.07, 6.45) is 1.54. The molecular weight excluding hydrogens is 473 g/mol. The molecule has 170 valence electrons. The summed E-state index contributed by atoms with van der Waals surface area (Å²) in [7, 11) is 1.67. The number of rotatable bonds is 5. The first kappa shape index (κ1) is 23.3. The SMILES string of the molecule is Cn1c(-c2ccc(F)c(F)n2)nc(-c2ccc(C(C)(C)O)nc2)c1Sc1ccc(Cl)cc1F. The number of nitrogens with zero attached hydrogens (tertiary/aromatic N) is 4. The van der Waals surface area contributed by atoms with E-state index in [1.165, 1.54) is 12.1 Å². The van der Waals surface area contributed by atoms with Crippen molar-refractivity contribution in [2.45, 2.75) is 29.4 Å². The van der Waals surface area contributed by atoms with Gasteiger partial charge in [-0.1, -0.05) is 23.4 Å². The summed E-state index contributed by atoms with van der Waals surface area (Å²) in [6.45, 7) is 3.24. The van der Waals surface area contributed by atoms with Crippen molar-refractivity contribution in [2.24, 2.45) is 7.05 Å². The molecule has 0 aliphatic rings. The van der Waals surface area contributed by atoms with E-state index in [1.54, 1.807) is 55.9 Å². The highest BCUT2D eigenvalue weighted by Gasteiger charge is 2.23. The molecule has 1 aromatic carbocycles. The quantitative estimate of drug-likeness (QED) is 0.348. The lowest BCUT2D eigenvalue weighted by atomic mass is 10.0. The number of aliphatic hydroxyl groups is 1. The third-order valence-corrected chi connectivity index (χ3v) is 6.29. The van der Waals surface area contributed by atoms with Crippen molar-refractivity contribution in [3.63, 3.8) is 0 Å². The monoisotopic (exact) mass is 490 g/mol. The third kappa shape index (κ3) is 4.75. The van der Waals surface area contributed by atoms with E-state index in [2.05, 4.69) is 15.0 Å². The molecule has 0 atom stereocenters. The lowest BCUT2D eigenvalue weighted by molar-refractivity contribution is 0.0739. The van der Waals surface area contributed by atoms with Gasteiger partial charge in [0, 0.05) is 28.7 Å². The predicted molar refractivity (Wildman–Crippen MR) is 120 cm³/mol. The van der Waals surface area contributed by atoms with Crippen LogP contribution in [0.25, 0.3) is 22.8 Å². The summed E-state index contributed by atoms with van der Waals surface area (Å²) in [6, 6.07) is 10.0. The summed E-state index contributed by atoms with van der Waals surface area (Å²) in [4.78, 5) is 12.9. The number of imidazole rings is 1. The van der Waals surface area contributed by atoms with E-state index in [1.807, 2.05) is 0 Å². The van der Waals surface area contributed by atoms with Crippen LogP contribution in [0.4, 0.5) is 13.2 Å². The Bertz CT molecular complexity index is 1340. The summed E-state index contributed by atoms with van der Waals surface area (Å²) in [5.74, 6) is -2.57. The normalized spacial score (nSPS) is 11.8. The summed E-state index contributed by atoms with van der Waals surface area (Å²) >= 11 is 6.97. The Morgan fingerprint density at radius 3 is 2.36 bits per heavy atom. The number of halogens is 4. The van der Waals surface area contributed by atoms with Gasteiger partial charge in [0.2, 0.25) is 5.95 Å². The minimum absolute atomic E-state index is 0.113. The van der Waals surface area contributed by atoms with Crippen molar-refractivity contribution in [2.75, 3.05) is 0 Å². The van der Waals surface area contributed by atoms with Crippen LogP contribution in [0.5, 0.6) is 0 Å². The Balaban J connectivity index is 1.87. The first-order valence-corrected chi connectivity index (χ1v) is 11.0. The lowest BCUT2D eigenvalue weighted by Crippen LogP contribution is -2.17. The molecule has 0 spiro atoms. The van der Waals surface area contributed by atoms with Crippen LogP contribution in [0.15, 0.2) is 58.6 Å². The zero-order valence-corrected chi connectivity index (χ0v) is 19.3. The minimum atomic E-state index is -1.24. The molecule has 3 heterocycles. The second-order valence-corrected chi connectivity index (χ2v) is 9.25. The van der Waals surface area contributed by atoms with Crippen LogP contribution in [0.2, 0.25) is 5.02 Å². The smallest absolute Gasteiger partial charge is 0.249 e. The molecule has 0 aliphatic carbocycles. The van der Waals surface area contributed by atoms with Crippen LogP contribution in [0.3, 0.4) is 0 Å². The molecule has 4 aromatic rings. The first-order chi connectivity index (χ1) is 15.5. The highest BCUT2D eigenvalue weighted by atomic mass is 35.5. The summed E-state index contributed by atoms with van der Waals surface area (Å²) in [5.41, 5.74) is 0.468. The van der Waals surface area contributed by atoms with Crippen LogP contribution in [-0.4, -0.2) is 24.6 Å². The van der Waals surface area contributed by atoms with Gasteiger partial charge in [-0.3, -0.25) is 4.98 Å². The van der Waals surface area contributed by atoms with Gasteiger partial charge in [-0.05, 0) is 56.3 Å². The van der Waals surface area contributed by atoms with Crippen LogP contribution in [0, 0.1) is 17.6 Å². The zero-order chi connectivity index (χ0) is 23.9. The molecule has 0 unspecified atom stereocenters. The fourth-order valence-electron chi connectivity index (χ4n) is 3.12. The van der Waals surface area contributed by atoms with Crippen LogP contribution < -0.4 is 0 Å². The van der Waals surface area contributed by atoms with E-state index in [-0.39, 0.29) is 16.5 Å². The Morgan fingerprint density at radius 1 is 1.00 bits per heavy atom. The molecule has 10 heteroatoms. The van der Waals surface area contributed by atoms with E-state index >= 15 is 0 Å². The van der Waals surface area contributed by atoms with Gasteiger partial charge in [0.25, 0.3) is 0 Å². The van der Waals surface area contributed by atoms with E-state index in [4.69, 9.17) is 11.6 Å². The number of hydrogen-bond donors (Lipinski definition) is 1. The average molecular weight is 491 g/mol. The van der Waals surface area contributed by atoms with Crippen LogP contribution in [-0.2, 0) is 12.6 Å². The molecule has 0 saturated heterocycles. The molecule has 1 N–H and O–H groups in total. The Morgan fingerprint density at radius 2 is 1.76 bits per heavy atom. The lowest BCUT2D eigenvalue weighted by Gasteiger charge is -2.16. The molecule has 0 bridgehead atoms. The molecular formula is C23H18ClF3N4OS. The maximum absolute atomic E-state index is 14.5. The van der Waals surface area contributed by atoms with Gasteiger partial charge in [-0.25, -0.2) is 18.7 Å². The summed E-state index contributed by atoms with van der Waals surface area (Å²) < 4.78 is 43.4. The average Bonchev–Trinajstić information content (AvgIpc) is 3.08. The fourth-order valence-corrected chi connectivity index (χ4v) is 4.26. The predicted octanol–water partition coefficient (Wildman–Crippen LogP) is 5.99. The number of aromatic nitrogens is 4. The van der Waals surface area contributed by atoms with Crippen LogP contribution in [0.1, 0.15) is 19.5 Å². The van der Waals surface area contributed by atoms with Crippen molar-refractivity contribution < 1.29 is 18.3 Å². The van der Waals surface area contributed by atoms with Crippen molar-refractivity contribution in [3.05, 3.63) is 77.0 Å². The van der Waals surface area contributed by atoms with Gasteiger partial charge >= 0.3 is 0 Å². The van der Waals surface area contributed by atoms with Gasteiger partial charge in [0.05, 0.1) is 5.69 Å². The maximum Gasteiger partial charge on any atom is 0.249 e. The molecule has 0 aliphatic heterocycles. The van der Waals surface area contributed by atoms with E-state index in [9.17, 15) is 18.3 Å². The molecule has 0 saturated carbocycles. The molecule has 4 rings (SSSR count). The van der Waals surface area contributed by atoms with Crippen molar-refractivity contribution in [1.82, 2.24) is 19.5 Å². The van der Waals surface area contributed by atoms with E-state index < -0.39 is 23.2 Å². The van der Waals surface area contributed by atoms with Crippen molar-refractivity contribution in [1.29, 1.82) is 0 Å². The number of benzene rings is 1. The van der Waals surface area contributed by atoms with Gasteiger partial charge in [0.1, 0.15) is 27.8 Å². The fraction of sp³-hybridized carbons (Fsp3) is 0.174. The molecule has 0 radical (unpaired) electrons. The topological polar surface area (TPSA) is 63.8 Å². The third-order valence-electron chi connectivity index (χ3n) is 4.84. The molecule has 0 amide bonds. The van der Waals surface area contributed by atoms with Crippen molar-refractivity contribution in [3.8, 4) is 22.8 Å². The first-order valence-electron chi connectivity index (χ1n) is 9.76. The highest BCUT2D eigenvalue weighted by Crippen LogP contribution is 2.39. The van der Waals surface area contributed by atoms with Crippen LogP contribution >= 0.6 is 23.4 Å². The standard InChI is InChI=1S/C23H18ClF3N4OS/c1-23(2,32)18-9-4-12(11-28-18)19-22(33-17-8-5-13(24)10-15(17)26)31(3)21(30-19)16-7-6-14(25)20(27)29-16/h4-11,32H,1-3H3. The largest absolute Gasteiger partial charge is 0.384 e. The van der Waals surface area contributed by atoms with Gasteiger partial charge in [-0.15, -0.1) is 0 Å². The summed E-state index contributed by atoms with van der Waals surface area (Å²) in [5, 5.41) is 11.0. The molecule has 0 fully saturated rings. The Kier molecular flexibility index (Phi) is 6.22. The maximum atomic E-state index is 14.5. The van der Waals surface area contributed by atoms with Gasteiger partial charge in [0.15, 0.2) is 11.6 Å². The second-order valence-electron chi connectivity index (χ2n) is 7.79. The Labute approximate surface area is 197 Å². The van der Waals surface area contributed by atoms with Crippen molar-refractivity contribution >= 4 is 23.4 Å². The number of hydrogen-bond acceptors (Lipinski definition) is 5. The molecule has 5 nitrogen and oxygen atoms in total. The van der Waals surface area contributed by atoms with Gasteiger partial charge < -0.3 is 9.67 Å². The molecule has 3 aromatic heterocycles. The number of pyridine rings is 2. The second kappa shape index (κ2) is 8.81.